The lowest BCUT2D eigenvalue weighted by atomic mass is 9.46. The second kappa shape index (κ2) is 7.36. The van der Waals surface area contributed by atoms with E-state index in [1.807, 2.05) is 33.9 Å². The van der Waals surface area contributed by atoms with E-state index in [1.54, 1.807) is 0 Å². The maximum atomic E-state index is 5.38. The number of fused-ring (bicyclic) bond motifs is 5. The molecule has 4 aromatic rings. The standard InChI is InChI=1S/C28H36N8S/c1-5-26(3,4)19-6-7-20-21(9-19)37-24-22(20)23-30-25(33-35(23)15-29-24)27-10-17-8-18(11-27)13-28(12-17,14-27)36-32-16(2)31-34-36/h15,17-19H,5-14H2,1-4H3. The van der Waals surface area contributed by atoms with Crippen molar-refractivity contribution in [3.8, 4) is 0 Å². The van der Waals surface area contributed by atoms with Crippen LogP contribution in [-0.2, 0) is 23.8 Å². The van der Waals surface area contributed by atoms with Crippen molar-refractivity contribution >= 4 is 27.2 Å². The molecule has 0 amide bonds. The van der Waals surface area contributed by atoms with Crippen molar-refractivity contribution in [2.75, 3.05) is 0 Å². The van der Waals surface area contributed by atoms with Gasteiger partial charge in [0.05, 0.1) is 10.9 Å². The zero-order valence-electron chi connectivity index (χ0n) is 22.4. The van der Waals surface area contributed by atoms with Gasteiger partial charge in [0.2, 0.25) is 0 Å². The van der Waals surface area contributed by atoms with Crippen LogP contribution in [0.1, 0.15) is 94.2 Å². The Morgan fingerprint density at radius 2 is 1.95 bits per heavy atom. The summed E-state index contributed by atoms with van der Waals surface area (Å²) in [5, 5.41) is 19.9. The number of thiophene rings is 1. The highest BCUT2D eigenvalue weighted by atomic mass is 32.1. The molecule has 4 saturated carbocycles. The van der Waals surface area contributed by atoms with Crippen LogP contribution in [0.2, 0.25) is 0 Å². The van der Waals surface area contributed by atoms with Gasteiger partial charge in [-0.1, -0.05) is 27.2 Å². The van der Waals surface area contributed by atoms with Crippen molar-refractivity contribution < 1.29 is 0 Å². The first-order chi connectivity index (χ1) is 17.8. The quantitative estimate of drug-likeness (QED) is 0.360. The van der Waals surface area contributed by atoms with E-state index in [-0.39, 0.29) is 11.0 Å². The Balaban J connectivity index is 1.22. The smallest absolute Gasteiger partial charge is 0.171 e. The third-order valence-corrected chi connectivity index (χ3v) is 12.0. The van der Waals surface area contributed by atoms with Crippen LogP contribution in [0, 0.1) is 30.1 Å². The topological polar surface area (TPSA) is 86.7 Å². The molecule has 0 spiro atoms. The molecule has 3 atom stereocenters. The molecule has 0 saturated heterocycles. The molecular weight excluding hydrogens is 480 g/mol. The lowest BCUT2D eigenvalue weighted by molar-refractivity contribution is -0.0785. The Kier molecular flexibility index (Phi) is 4.49. The summed E-state index contributed by atoms with van der Waals surface area (Å²) in [5.74, 6) is 3.89. The molecule has 0 N–H and O–H groups in total. The number of nitrogens with zero attached hydrogens (tertiary/aromatic N) is 8. The van der Waals surface area contributed by atoms with Crippen LogP contribution in [0.15, 0.2) is 6.33 Å². The highest BCUT2D eigenvalue weighted by Crippen LogP contribution is 2.64. The zero-order valence-corrected chi connectivity index (χ0v) is 23.2. The Bertz CT molecular complexity index is 1530. The maximum absolute atomic E-state index is 5.38. The van der Waals surface area contributed by atoms with Crippen LogP contribution >= 0.6 is 11.3 Å². The van der Waals surface area contributed by atoms with Gasteiger partial charge in [-0.05, 0) is 98.7 Å². The monoisotopic (exact) mass is 516 g/mol. The van der Waals surface area contributed by atoms with Gasteiger partial charge in [0, 0.05) is 10.3 Å². The number of aryl methyl sites for hydroxylation is 2. The van der Waals surface area contributed by atoms with E-state index in [0.717, 1.165) is 53.7 Å². The molecule has 0 aliphatic heterocycles. The number of hydrogen-bond acceptors (Lipinski definition) is 7. The summed E-state index contributed by atoms with van der Waals surface area (Å²) >= 11 is 1.89. The predicted octanol–water partition coefficient (Wildman–Crippen LogP) is 5.42. The normalized spacial score (nSPS) is 33.0. The van der Waals surface area contributed by atoms with Gasteiger partial charge in [0.25, 0.3) is 0 Å². The molecule has 0 aromatic carbocycles. The van der Waals surface area contributed by atoms with Crippen LogP contribution in [0.3, 0.4) is 0 Å². The van der Waals surface area contributed by atoms with E-state index >= 15 is 0 Å². The third kappa shape index (κ3) is 3.12. The van der Waals surface area contributed by atoms with Crippen molar-refractivity contribution in [2.24, 2.45) is 23.2 Å². The molecule has 9 rings (SSSR count). The largest absolute Gasteiger partial charge is 0.225 e. The van der Waals surface area contributed by atoms with Crippen molar-refractivity contribution in [1.82, 2.24) is 39.8 Å². The van der Waals surface area contributed by atoms with Gasteiger partial charge in [-0.15, -0.1) is 26.6 Å². The Hall–Kier alpha value is -2.42. The summed E-state index contributed by atoms with van der Waals surface area (Å²) in [5.41, 5.74) is 2.84. The molecule has 194 valence electrons. The van der Waals surface area contributed by atoms with E-state index in [0.29, 0.717) is 17.3 Å². The molecular formula is C28H36N8S. The average molecular weight is 517 g/mol. The molecule has 5 aliphatic rings. The Morgan fingerprint density at radius 1 is 1.14 bits per heavy atom. The molecule has 5 aliphatic carbocycles. The van der Waals surface area contributed by atoms with Crippen LogP contribution < -0.4 is 0 Å². The SMILES string of the molecule is CCC(C)(C)C1CCc2c(sc3ncn4nc(C56CC7CC(C5)CC(n5nnc(C)n5)(C7)C6)nc4c23)C1. The summed E-state index contributed by atoms with van der Waals surface area (Å²) < 4.78 is 1.98. The van der Waals surface area contributed by atoms with Gasteiger partial charge in [0.15, 0.2) is 17.3 Å². The van der Waals surface area contributed by atoms with Crippen LogP contribution in [0.25, 0.3) is 15.9 Å². The first-order valence-corrected chi connectivity index (χ1v) is 15.0. The van der Waals surface area contributed by atoms with Crippen LogP contribution in [0.4, 0.5) is 0 Å². The minimum absolute atomic E-state index is 0.00368. The summed E-state index contributed by atoms with van der Waals surface area (Å²) in [6, 6.07) is 0. The lowest BCUT2D eigenvalue weighted by Crippen LogP contribution is -2.59. The van der Waals surface area contributed by atoms with Gasteiger partial charge < -0.3 is 0 Å². The number of tetrazole rings is 1. The van der Waals surface area contributed by atoms with E-state index < -0.39 is 0 Å². The predicted molar refractivity (Wildman–Crippen MR) is 143 cm³/mol. The van der Waals surface area contributed by atoms with Crippen molar-refractivity contribution in [1.29, 1.82) is 0 Å². The fourth-order valence-corrected chi connectivity index (χ4v) is 10.2. The van der Waals surface area contributed by atoms with Crippen LogP contribution in [-0.4, -0.2) is 39.8 Å². The summed E-state index contributed by atoms with van der Waals surface area (Å²) in [6.07, 6.45) is 13.7. The molecule has 4 aromatic heterocycles. The second-order valence-electron chi connectivity index (χ2n) is 13.5. The maximum Gasteiger partial charge on any atom is 0.171 e. The number of rotatable bonds is 4. The summed E-state index contributed by atoms with van der Waals surface area (Å²) in [4.78, 5) is 14.9. The molecule has 4 heterocycles. The van der Waals surface area contributed by atoms with E-state index in [1.165, 1.54) is 54.4 Å². The van der Waals surface area contributed by atoms with Gasteiger partial charge in [-0.3, -0.25) is 0 Å². The molecule has 37 heavy (non-hydrogen) atoms. The zero-order chi connectivity index (χ0) is 25.2. The van der Waals surface area contributed by atoms with Gasteiger partial charge in [-0.25, -0.2) is 14.5 Å². The second-order valence-corrected chi connectivity index (χ2v) is 14.6. The van der Waals surface area contributed by atoms with Crippen LogP contribution in [0.5, 0.6) is 0 Å². The summed E-state index contributed by atoms with van der Waals surface area (Å²) in [6.45, 7) is 9.14. The average Bonchev–Trinajstić information content (AvgIpc) is 3.59. The Labute approximate surface area is 221 Å². The molecule has 9 heteroatoms. The molecule has 4 fully saturated rings. The molecule has 4 bridgehead atoms. The van der Waals surface area contributed by atoms with Crippen molar-refractivity contribution in [2.45, 2.75) is 103 Å². The fraction of sp³-hybridized carbons (Fsp3) is 0.714. The number of hydrogen-bond donors (Lipinski definition) is 0. The molecule has 8 nitrogen and oxygen atoms in total. The van der Waals surface area contributed by atoms with Gasteiger partial charge in [0.1, 0.15) is 11.2 Å². The summed E-state index contributed by atoms with van der Waals surface area (Å²) in [7, 11) is 0. The minimum Gasteiger partial charge on any atom is -0.225 e. The highest BCUT2D eigenvalue weighted by molar-refractivity contribution is 7.19. The van der Waals surface area contributed by atoms with Crippen molar-refractivity contribution in [3.63, 3.8) is 0 Å². The Morgan fingerprint density at radius 3 is 2.68 bits per heavy atom. The van der Waals surface area contributed by atoms with E-state index in [2.05, 4.69) is 31.1 Å². The van der Waals surface area contributed by atoms with E-state index in [4.69, 9.17) is 20.2 Å². The third-order valence-electron chi connectivity index (χ3n) is 10.8. The van der Waals surface area contributed by atoms with Gasteiger partial charge >= 0.3 is 0 Å². The lowest BCUT2D eigenvalue weighted by Gasteiger charge is -2.60. The van der Waals surface area contributed by atoms with Crippen molar-refractivity contribution in [3.05, 3.63) is 28.4 Å². The number of aromatic nitrogens is 8. The minimum atomic E-state index is -0.0426. The molecule has 0 radical (unpaired) electrons. The van der Waals surface area contributed by atoms with Gasteiger partial charge in [-0.2, -0.15) is 4.80 Å². The fourth-order valence-electron chi connectivity index (χ4n) is 8.95. The first kappa shape index (κ1) is 22.6. The highest BCUT2D eigenvalue weighted by Gasteiger charge is 2.61. The van der Waals surface area contributed by atoms with E-state index in [9.17, 15) is 0 Å². The first-order valence-electron chi connectivity index (χ1n) is 14.2. The molecule has 3 unspecified atom stereocenters.